The predicted octanol–water partition coefficient (Wildman–Crippen LogP) is 2.32. The van der Waals surface area contributed by atoms with Crippen molar-refractivity contribution in [3.05, 3.63) is 0 Å². The van der Waals surface area contributed by atoms with Gasteiger partial charge in [0.15, 0.2) is 0 Å². The zero-order chi connectivity index (χ0) is 15.1. The van der Waals surface area contributed by atoms with Crippen molar-refractivity contribution in [2.24, 2.45) is 5.92 Å². The lowest BCUT2D eigenvalue weighted by atomic mass is 9.90. The summed E-state index contributed by atoms with van der Waals surface area (Å²) in [6.45, 7) is 8.92. The van der Waals surface area contributed by atoms with Gasteiger partial charge in [-0.25, -0.2) is 4.79 Å². The number of hydrogen-bond donors (Lipinski definition) is 1. The Labute approximate surface area is 128 Å². The lowest BCUT2D eigenvalue weighted by Crippen LogP contribution is -2.63. The normalized spacial score (nSPS) is 28.3. The molecule has 0 amide bonds. The van der Waals surface area contributed by atoms with Crippen LogP contribution in [0.3, 0.4) is 0 Å². The largest absolute Gasteiger partial charge is 0.465 e. The van der Waals surface area contributed by atoms with Crippen LogP contribution >= 0.6 is 0 Å². The maximum Gasteiger partial charge on any atom is 0.327 e. The van der Waals surface area contributed by atoms with E-state index in [2.05, 4.69) is 24.1 Å². The number of ether oxygens (including phenoxy) is 1. The maximum atomic E-state index is 12.8. The highest BCUT2D eigenvalue weighted by molar-refractivity contribution is 5.82. The molecule has 1 saturated heterocycles. The van der Waals surface area contributed by atoms with Crippen molar-refractivity contribution in [3.63, 3.8) is 0 Å². The Kier molecular flexibility index (Phi) is 4.04. The van der Waals surface area contributed by atoms with Crippen molar-refractivity contribution < 1.29 is 9.53 Å². The van der Waals surface area contributed by atoms with Gasteiger partial charge in [-0.2, -0.15) is 0 Å². The van der Waals surface area contributed by atoms with Gasteiger partial charge in [0.25, 0.3) is 0 Å². The molecule has 1 unspecified atom stereocenters. The molecule has 2 saturated carbocycles. The molecule has 120 valence electrons. The topological polar surface area (TPSA) is 41.6 Å². The molecule has 2 aliphatic carbocycles. The number of hydrogen-bond acceptors (Lipinski definition) is 4. The van der Waals surface area contributed by atoms with E-state index in [1.165, 1.54) is 25.7 Å². The van der Waals surface area contributed by atoms with Crippen LogP contribution in [-0.2, 0) is 9.53 Å². The SMILES string of the molecule is CCOC(=O)C(CN1CCCC1(C)C)(NC1CC1)C1CC1. The maximum absolute atomic E-state index is 12.8. The zero-order valence-corrected chi connectivity index (χ0v) is 13.8. The second-order valence-electron chi connectivity index (χ2n) is 7.72. The summed E-state index contributed by atoms with van der Waals surface area (Å²) >= 11 is 0. The summed E-state index contributed by atoms with van der Waals surface area (Å²) in [5.41, 5.74) is -0.253. The fraction of sp³-hybridized carbons (Fsp3) is 0.941. The first-order valence-corrected chi connectivity index (χ1v) is 8.68. The number of carbonyl (C=O) groups is 1. The van der Waals surface area contributed by atoms with Gasteiger partial charge >= 0.3 is 5.97 Å². The first-order chi connectivity index (χ1) is 9.98. The van der Waals surface area contributed by atoms with Gasteiger partial charge in [-0.05, 0) is 71.8 Å². The molecule has 1 atom stereocenters. The van der Waals surface area contributed by atoms with Crippen LogP contribution in [-0.4, -0.2) is 47.7 Å². The zero-order valence-electron chi connectivity index (χ0n) is 13.8. The number of esters is 1. The Morgan fingerprint density at radius 3 is 2.52 bits per heavy atom. The Morgan fingerprint density at radius 1 is 1.33 bits per heavy atom. The minimum absolute atomic E-state index is 0.0119. The van der Waals surface area contributed by atoms with E-state index in [0.717, 1.165) is 25.9 Å². The van der Waals surface area contributed by atoms with Gasteiger partial charge < -0.3 is 4.74 Å². The first kappa shape index (κ1) is 15.3. The summed E-state index contributed by atoms with van der Waals surface area (Å²) in [6.07, 6.45) is 7.19. The number of carbonyl (C=O) groups excluding carboxylic acids is 1. The van der Waals surface area contributed by atoms with E-state index in [1.54, 1.807) is 0 Å². The van der Waals surface area contributed by atoms with E-state index < -0.39 is 5.54 Å². The molecule has 4 heteroatoms. The van der Waals surface area contributed by atoms with Crippen molar-refractivity contribution in [1.82, 2.24) is 10.2 Å². The second kappa shape index (κ2) is 5.54. The number of nitrogens with one attached hydrogen (secondary N) is 1. The predicted molar refractivity (Wildman–Crippen MR) is 83.1 cm³/mol. The molecule has 0 aromatic rings. The van der Waals surface area contributed by atoms with E-state index >= 15 is 0 Å². The minimum Gasteiger partial charge on any atom is -0.465 e. The van der Waals surface area contributed by atoms with Crippen molar-refractivity contribution >= 4 is 5.97 Å². The van der Waals surface area contributed by atoms with Gasteiger partial charge in [0.1, 0.15) is 5.54 Å². The third-order valence-corrected chi connectivity index (χ3v) is 5.47. The summed E-state index contributed by atoms with van der Waals surface area (Å²) in [5.74, 6) is 0.454. The second-order valence-corrected chi connectivity index (χ2v) is 7.72. The van der Waals surface area contributed by atoms with Crippen LogP contribution in [0.1, 0.15) is 59.3 Å². The molecule has 0 radical (unpaired) electrons. The fourth-order valence-electron chi connectivity index (χ4n) is 3.77. The molecule has 1 aliphatic heterocycles. The van der Waals surface area contributed by atoms with Gasteiger partial charge in [0.05, 0.1) is 6.61 Å². The smallest absolute Gasteiger partial charge is 0.327 e. The van der Waals surface area contributed by atoms with Gasteiger partial charge in [-0.3, -0.25) is 10.2 Å². The van der Waals surface area contributed by atoms with Crippen molar-refractivity contribution in [2.75, 3.05) is 19.7 Å². The van der Waals surface area contributed by atoms with Crippen molar-refractivity contribution in [3.8, 4) is 0 Å². The van der Waals surface area contributed by atoms with E-state index in [4.69, 9.17) is 4.74 Å². The van der Waals surface area contributed by atoms with Crippen molar-refractivity contribution in [1.29, 1.82) is 0 Å². The first-order valence-electron chi connectivity index (χ1n) is 8.68. The highest BCUT2D eigenvalue weighted by Crippen LogP contribution is 2.44. The van der Waals surface area contributed by atoms with Gasteiger partial charge in [-0.1, -0.05) is 0 Å². The molecule has 3 aliphatic rings. The van der Waals surface area contributed by atoms with Crippen LogP contribution in [0.15, 0.2) is 0 Å². The van der Waals surface area contributed by atoms with Crippen LogP contribution < -0.4 is 5.32 Å². The summed E-state index contributed by atoms with van der Waals surface area (Å²) in [6, 6.07) is 0.528. The average Bonchev–Trinajstić information content (AvgIpc) is 3.30. The molecular formula is C17H30N2O2. The number of rotatable bonds is 7. The summed E-state index contributed by atoms with van der Waals surface area (Å²) in [7, 11) is 0. The monoisotopic (exact) mass is 294 g/mol. The van der Waals surface area contributed by atoms with E-state index in [-0.39, 0.29) is 11.5 Å². The van der Waals surface area contributed by atoms with Gasteiger partial charge in [0, 0.05) is 18.1 Å². The third kappa shape index (κ3) is 3.11. The van der Waals surface area contributed by atoms with Crippen LogP contribution in [0, 0.1) is 5.92 Å². The molecule has 4 nitrogen and oxygen atoms in total. The third-order valence-electron chi connectivity index (χ3n) is 5.47. The number of nitrogens with zero attached hydrogens (tertiary/aromatic N) is 1. The summed E-state index contributed by atoms with van der Waals surface area (Å²) in [5, 5.41) is 3.70. The van der Waals surface area contributed by atoms with E-state index in [9.17, 15) is 4.79 Å². The van der Waals surface area contributed by atoms with Gasteiger partial charge in [-0.15, -0.1) is 0 Å². The van der Waals surface area contributed by atoms with Crippen molar-refractivity contribution in [2.45, 2.75) is 76.4 Å². The van der Waals surface area contributed by atoms with Crippen LogP contribution in [0.5, 0.6) is 0 Å². The Hall–Kier alpha value is -0.610. The molecule has 0 spiro atoms. The molecule has 0 bridgehead atoms. The summed E-state index contributed by atoms with van der Waals surface area (Å²) < 4.78 is 5.49. The lowest BCUT2D eigenvalue weighted by molar-refractivity contribution is -0.154. The van der Waals surface area contributed by atoms with E-state index in [0.29, 0.717) is 18.6 Å². The Morgan fingerprint density at radius 2 is 2.05 bits per heavy atom. The van der Waals surface area contributed by atoms with Gasteiger partial charge in [0.2, 0.25) is 0 Å². The Balaban J connectivity index is 1.81. The lowest BCUT2D eigenvalue weighted by Gasteiger charge is -2.41. The minimum atomic E-state index is -0.460. The quantitative estimate of drug-likeness (QED) is 0.732. The molecule has 21 heavy (non-hydrogen) atoms. The molecule has 1 heterocycles. The molecule has 3 rings (SSSR count). The molecule has 1 N–H and O–H groups in total. The highest BCUT2D eigenvalue weighted by Gasteiger charge is 2.56. The molecule has 3 fully saturated rings. The van der Waals surface area contributed by atoms with Crippen LogP contribution in [0.4, 0.5) is 0 Å². The average molecular weight is 294 g/mol. The number of likely N-dealkylation sites (tertiary alicyclic amines) is 1. The molecule has 0 aromatic heterocycles. The Bertz CT molecular complexity index is 402. The van der Waals surface area contributed by atoms with Crippen LogP contribution in [0.25, 0.3) is 0 Å². The van der Waals surface area contributed by atoms with E-state index in [1.807, 2.05) is 6.92 Å². The molecule has 0 aromatic carbocycles. The summed E-state index contributed by atoms with van der Waals surface area (Å²) in [4.78, 5) is 15.3. The fourth-order valence-corrected chi connectivity index (χ4v) is 3.77. The standard InChI is InChI=1S/C17H30N2O2/c1-4-21-15(20)17(13-6-7-13,18-14-8-9-14)12-19-11-5-10-16(19,2)3/h13-14,18H,4-12H2,1-3H3. The van der Waals surface area contributed by atoms with Crippen LogP contribution in [0.2, 0.25) is 0 Å². The highest BCUT2D eigenvalue weighted by atomic mass is 16.5. The molecular weight excluding hydrogens is 264 g/mol.